The summed E-state index contributed by atoms with van der Waals surface area (Å²) in [6.07, 6.45) is 0. The van der Waals surface area contributed by atoms with Crippen LogP contribution in [0.5, 0.6) is 0 Å². The Balaban J connectivity index is 2.24. The topological polar surface area (TPSA) is 72.2 Å². The summed E-state index contributed by atoms with van der Waals surface area (Å²) in [6, 6.07) is 5.49. The summed E-state index contributed by atoms with van der Waals surface area (Å²) in [6.45, 7) is 3.49. The zero-order valence-corrected chi connectivity index (χ0v) is 14.5. The molecule has 0 fully saturated rings. The molecule has 0 aliphatic carbocycles. The van der Waals surface area contributed by atoms with Gasteiger partial charge in [-0.05, 0) is 60.7 Å². The molecule has 1 aromatic carbocycles. The highest BCUT2D eigenvalue weighted by atomic mass is 127. The lowest BCUT2D eigenvalue weighted by molar-refractivity contribution is 0.385. The fourth-order valence-corrected chi connectivity index (χ4v) is 3.62. The van der Waals surface area contributed by atoms with Crippen LogP contribution in [-0.4, -0.2) is 13.6 Å². The van der Waals surface area contributed by atoms with Crippen LogP contribution in [0.1, 0.15) is 24.4 Å². The first-order valence-electron chi connectivity index (χ1n) is 5.71. The van der Waals surface area contributed by atoms with E-state index in [-0.39, 0.29) is 4.90 Å². The van der Waals surface area contributed by atoms with Crippen LogP contribution < -0.4 is 4.72 Å². The van der Waals surface area contributed by atoms with E-state index in [9.17, 15) is 8.42 Å². The molecule has 2 rings (SSSR count). The Hall–Kier alpha value is -0.640. The van der Waals surface area contributed by atoms with Crippen molar-refractivity contribution in [2.75, 3.05) is 0 Å². The Kier molecular flexibility index (Phi) is 4.73. The smallest absolute Gasteiger partial charge is 0.241 e. The summed E-state index contributed by atoms with van der Waals surface area (Å²) in [7, 11) is -3.63. The maximum absolute atomic E-state index is 12.2. The van der Waals surface area contributed by atoms with Crippen LogP contribution in [0.4, 0.5) is 0 Å². The summed E-state index contributed by atoms with van der Waals surface area (Å²) < 4.78 is 32.9. The summed E-state index contributed by atoms with van der Waals surface area (Å²) in [4.78, 5) is 0.156. The molecule has 5 nitrogen and oxygen atoms in total. The van der Waals surface area contributed by atoms with E-state index in [2.05, 4.69) is 32.5 Å². The second-order valence-corrected chi connectivity index (χ2v) is 7.46. The van der Waals surface area contributed by atoms with Crippen molar-refractivity contribution in [3.63, 3.8) is 0 Å². The van der Waals surface area contributed by atoms with Crippen molar-refractivity contribution in [2.24, 2.45) is 0 Å². The maximum Gasteiger partial charge on any atom is 0.241 e. The first-order valence-corrected chi connectivity index (χ1v) is 8.65. The number of halogens is 2. The lowest BCUT2D eigenvalue weighted by atomic mass is 10.2. The molecule has 1 N–H and O–H groups in total. The molecule has 1 atom stereocenters. The fourth-order valence-electron chi connectivity index (χ4n) is 1.62. The van der Waals surface area contributed by atoms with Crippen molar-refractivity contribution < 1.29 is 12.9 Å². The average Bonchev–Trinajstić information content (AvgIpc) is 2.70. The molecular weight excluding hydrogens is 415 g/mol. The number of hydrogen-bond acceptors (Lipinski definition) is 4. The van der Waals surface area contributed by atoms with E-state index in [0.29, 0.717) is 16.5 Å². The molecule has 20 heavy (non-hydrogen) atoms. The van der Waals surface area contributed by atoms with Crippen LogP contribution in [0.15, 0.2) is 33.7 Å². The van der Waals surface area contributed by atoms with Gasteiger partial charge < -0.3 is 4.52 Å². The standard InChI is InChI=1S/C12H12ClIN2O3S/c1-7(12-11(14)8(2)19-15-12)16-20(17,18)10-5-3-9(13)4-6-10/h3-7,16H,1-2H3. The van der Waals surface area contributed by atoms with Gasteiger partial charge >= 0.3 is 0 Å². The van der Waals surface area contributed by atoms with Gasteiger partial charge in [0.05, 0.1) is 14.5 Å². The van der Waals surface area contributed by atoms with Crippen molar-refractivity contribution in [3.05, 3.63) is 44.3 Å². The molecule has 0 spiro atoms. The lowest BCUT2D eigenvalue weighted by Gasteiger charge is -2.12. The summed E-state index contributed by atoms with van der Waals surface area (Å²) in [5.41, 5.74) is 0.570. The van der Waals surface area contributed by atoms with E-state index in [4.69, 9.17) is 16.1 Å². The predicted octanol–water partition coefficient (Wildman–Crippen LogP) is 3.28. The second-order valence-electron chi connectivity index (χ2n) is 4.23. The molecule has 1 unspecified atom stereocenters. The SMILES string of the molecule is Cc1onc(C(C)NS(=O)(=O)c2ccc(Cl)cc2)c1I. The molecule has 0 radical (unpaired) electrons. The van der Waals surface area contributed by atoms with Crippen LogP contribution in [0.2, 0.25) is 5.02 Å². The first-order chi connectivity index (χ1) is 9.31. The number of aryl methyl sites for hydroxylation is 1. The minimum absolute atomic E-state index is 0.156. The van der Waals surface area contributed by atoms with Gasteiger partial charge in [0.25, 0.3) is 0 Å². The molecule has 0 aliphatic heterocycles. The molecule has 0 amide bonds. The van der Waals surface area contributed by atoms with Gasteiger partial charge in [0.1, 0.15) is 11.5 Å². The number of hydrogen-bond donors (Lipinski definition) is 1. The second kappa shape index (κ2) is 6.00. The summed E-state index contributed by atoms with van der Waals surface area (Å²) >= 11 is 7.83. The van der Waals surface area contributed by atoms with Gasteiger partial charge in [-0.1, -0.05) is 16.8 Å². The van der Waals surface area contributed by atoms with Crippen molar-refractivity contribution in [3.8, 4) is 0 Å². The van der Waals surface area contributed by atoms with Crippen LogP contribution in [0.3, 0.4) is 0 Å². The Bertz CT molecular complexity index is 713. The first kappa shape index (κ1) is 15.7. The highest BCUT2D eigenvalue weighted by Gasteiger charge is 2.23. The van der Waals surface area contributed by atoms with Gasteiger partial charge in [0, 0.05) is 5.02 Å². The van der Waals surface area contributed by atoms with Crippen LogP contribution >= 0.6 is 34.2 Å². The number of nitrogens with one attached hydrogen (secondary N) is 1. The maximum atomic E-state index is 12.2. The largest absolute Gasteiger partial charge is 0.360 e. The molecule has 0 saturated heterocycles. The number of rotatable bonds is 4. The Morgan fingerprint density at radius 1 is 1.35 bits per heavy atom. The van der Waals surface area contributed by atoms with Crippen molar-refractivity contribution >= 4 is 44.2 Å². The molecule has 2 aromatic rings. The number of sulfonamides is 1. The van der Waals surface area contributed by atoms with E-state index in [1.807, 2.05) is 0 Å². The normalized spacial score (nSPS) is 13.4. The number of benzene rings is 1. The van der Waals surface area contributed by atoms with Crippen LogP contribution in [0.25, 0.3) is 0 Å². The van der Waals surface area contributed by atoms with Crippen molar-refractivity contribution in [2.45, 2.75) is 24.8 Å². The van der Waals surface area contributed by atoms with E-state index in [1.54, 1.807) is 13.8 Å². The zero-order valence-electron chi connectivity index (χ0n) is 10.7. The van der Waals surface area contributed by atoms with E-state index < -0.39 is 16.1 Å². The van der Waals surface area contributed by atoms with Crippen LogP contribution in [0, 0.1) is 10.5 Å². The number of aromatic nitrogens is 1. The average molecular weight is 427 g/mol. The highest BCUT2D eigenvalue weighted by Crippen LogP contribution is 2.23. The molecule has 0 aliphatic rings. The Labute approximate surface area is 135 Å². The monoisotopic (exact) mass is 426 g/mol. The summed E-state index contributed by atoms with van der Waals surface area (Å²) in [5.74, 6) is 0.665. The molecule has 8 heteroatoms. The van der Waals surface area contributed by atoms with Gasteiger partial charge in [-0.25, -0.2) is 13.1 Å². The molecule has 108 valence electrons. The third kappa shape index (κ3) is 3.33. The Morgan fingerprint density at radius 3 is 2.45 bits per heavy atom. The minimum Gasteiger partial charge on any atom is -0.360 e. The molecule has 1 heterocycles. The quantitative estimate of drug-likeness (QED) is 0.762. The minimum atomic E-state index is -3.63. The lowest BCUT2D eigenvalue weighted by Crippen LogP contribution is -2.27. The predicted molar refractivity (Wildman–Crippen MR) is 84.1 cm³/mol. The van der Waals surface area contributed by atoms with Crippen molar-refractivity contribution in [1.82, 2.24) is 9.88 Å². The van der Waals surface area contributed by atoms with Crippen molar-refractivity contribution in [1.29, 1.82) is 0 Å². The van der Waals surface area contributed by atoms with Gasteiger partial charge in [0.2, 0.25) is 10.0 Å². The fraction of sp³-hybridized carbons (Fsp3) is 0.250. The molecule has 0 saturated carbocycles. The van der Waals surface area contributed by atoms with Gasteiger partial charge in [0.15, 0.2) is 0 Å². The zero-order chi connectivity index (χ0) is 14.9. The van der Waals surface area contributed by atoms with Gasteiger partial charge in [-0.15, -0.1) is 0 Å². The third-order valence-corrected chi connectivity index (χ3v) is 5.80. The summed E-state index contributed by atoms with van der Waals surface area (Å²) in [5, 5.41) is 4.36. The van der Waals surface area contributed by atoms with Gasteiger partial charge in [-0.2, -0.15) is 0 Å². The van der Waals surface area contributed by atoms with E-state index in [1.165, 1.54) is 24.3 Å². The van der Waals surface area contributed by atoms with E-state index >= 15 is 0 Å². The van der Waals surface area contributed by atoms with Crippen LogP contribution in [-0.2, 0) is 10.0 Å². The van der Waals surface area contributed by atoms with E-state index in [0.717, 1.165) is 3.57 Å². The molecule has 0 bridgehead atoms. The molecular formula is C12H12ClIN2O3S. The molecule has 1 aromatic heterocycles. The number of nitrogens with zero attached hydrogens (tertiary/aromatic N) is 1. The third-order valence-electron chi connectivity index (χ3n) is 2.68. The van der Waals surface area contributed by atoms with Gasteiger partial charge in [-0.3, -0.25) is 0 Å². The Morgan fingerprint density at radius 2 is 1.95 bits per heavy atom. The highest BCUT2D eigenvalue weighted by molar-refractivity contribution is 14.1.